The van der Waals surface area contributed by atoms with E-state index in [4.69, 9.17) is 5.73 Å². The van der Waals surface area contributed by atoms with Crippen LogP contribution in [0.15, 0.2) is 17.5 Å². The summed E-state index contributed by atoms with van der Waals surface area (Å²) >= 11 is 1.80. The largest absolute Gasteiger partial charge is 0.321 e. The minimum absolute atomic E-state index is 0.0203. The predicted molar refractivity (Wildman–Crippen MR) is 53.3 cm³/mol. The van der Waals surface area contributed by atoms with Crippen molar-refractivity contribution in [1.82, 2.24) is 0 Å². The molecular weight excluding hydrogens is 166 g/mol. The van der Waals surface area contributed by atoms with E-state index in [0.29, 0.717) is 0 Å². The van der Waals surface area contributed by atoms with E-state index in [2.05, 4.69) is 17.5 Å². The van der Waals surface area contributed by atoms with Gasteiger partial charge in [0.1, 0.15) is 0 Å². The Balaban J connectivity index is 2.19. The van der Waals surface area contributed by atoms with Crippen molar-refractivity contribution < 1.29 is 0 Å². The lowest BCUT2D eigenvalue weighted by atomic mass is 9.81. The van der Waals surface area contributed by atoms with Crippen LogP contribution in [0, 0.1) is 0 Å². The van der Waals surface area contributed by atoms with Crippen LogP contribution in [0.5, 0.6) is 0 Å². The van der Waals surface area contributed by atoms with Crippen molar-refractivity contribution in [3.8, 4) is 0 Å². The number of hydrogen-bond acceptors (Lipinski definition) is 2. The van der Waals surface area contributed by atoms with Gasteiger partial charge in [-0.3, -0.25) is 0 Å². The van der Waals surface area contributed by atoms with E-state index in [-0.39, 0.29) is 5.54 Å². The van der Waals surface area contributed by atoms with Gasteiger partial charge in [-0.1, -0.05) is 25.3 Å². The molecule has 0 radical (unpaired) electrons. The minimum atomic E-state index is 0.0203. The summed E-state index contributed by atoms with van der Waals surface area (Å²) in [4.78, 5) is 1.38. The second-order valence-electron chi connectivity index (χ2n) is 3.69. The first kappa shape index (κ1) is 8.27. The highest BCUT2D eigenvalue weighted by Crippen LogP contribution is 2.36. The Morgan fingerprint density at radius 1 is 1.25 bits per heavy atom. The fraction of sp³-hybridized carbons (Fsp3) is 0.600. The lowest BCUT2D eigenvalue weighted by molar-refractivity contribution is 0.308. The molecular formula is C10H15NS. The van der Waals surface area contributed by atoms with E-state index in [9.17, 15) is 0 Å². The van der Waals surface area contributed by atoms with Crippen molar-refractivity contribution in [2.45, 2.75) is 37.6 Å². The summed E-state index contributed by atoms with van der Waals surface area (Å²) in [7, 11) is 0. The number of nitrogens with two attached hydrogens (primary N) is 1. The molecule has 1 fully saturated rings. The van der Waals surface area contributed by atoms with Gasteiger partial charge in [-0.2, -0.15) is 0 Å². The molecule has 1 aromatic heterocycles. The molecule has 0 amide bonds. The Kier molecular flexibility index (Phi) is 2.20. The van der Waals surface area contributed by atoms with Crippen molar-refractivity contribution in [3.05, 3.63) is 22.4 Å². The first-order valence-electron chi connectivity index (χ1n) is 4.64. The molecule has 1 aromatic rings. The zero-order chi connectivity index (χ0) is 8.44. The normalized spacial score (nSPS) is 22.4. The molecule has 1 aliphatic rings. The zero-order valence-electron chi connectivity index (χ0n) is 7.25. The molecule has 1 heterocycles. The molecule has 0 bridgehead atoms. The van der Waals surface area contributed by atoms with Crippen LogP contribution in [-0.2, 0) is 5.54 Å². The predicted octanol–water partition coefficient (Wildman–Crippen LogP) is 2.87. The van der Waals surface area contributed by atoms with Gasteiger partial charge >= 0.3 is 0 Å². The van der Waals surface area contributed by atoms with Crippen LogP contribution in [-0.4, -0.2) is 0 Å². The molecule has 1 aliphatic carbocycles. The standard InChI is InChI=1S/C10H15NS/c11-10(6-2-1-3-7-10)9-5-4-8-12-9/h4-5,8H,1-3,6-7,11H2. The van der Waals surface area contributed by atoms with E-state index in [0.717, 1.165) is 0 Å². The molecule has 0 unspecified atom stereocenters. The maximum atomic E-state index is 6.34. The third-order valence-electron chi connectivity index (χ3n) is 2.76. The summed E-state index contributed by atoms with van der Waals surface area (Å²) in [6.45, 7) is 0. The zero-order valence-corrected chi connectivity index (χ0v) is 8.07. The molecule has 0 spiro atoms. The van der Waals surface area contributed by atoms with E-state index in [1.54, 1.807) is 11.3 Å². The van der Waals surface area contributed by atoms with Gasteiger partial charge < -0.3 is 5.73 Å². The first-order valence-corrected chi connectivity index (χ1v) is 5.52. The third-order valence-corrected chi connectivity index (χ3v) is 3.85. The van der Waals surface area contributed by atoms with Crippen molar-refractivity contribution in [2.24, 2.45) is 5.73 Å². The summed E-state index contributed by atoms with van der Waals surface area (Å²) in [6.07, 6.45) is 6.31. The van der Waals surface area contributed by atoms with Crippen LogP contribution in [0.4, 0.5) is 0 Å². The van der Waals surface area contributed by atoms with Gasteiger partial charge in [0.05, 0.1) is 5.54 Å². The summed E-state index contributed by atoms with van der Waals surface area (Å²) in [5.74, 6) is 0. The highest BCUT2D eigenvalue weighted by Gasteiger charge is 2.29. The SMILES string of the molecule is NC1(c2cccs2)CCCCC1. The summed E-state index contributed by atoms with van der Waals surface area (Å²) in [5, 5.41) is 2.12. The summed E-state index contributed by atoms with van der Waals surface area (Å²) in [6, 6.07) is 4.28. The Morgan fingerprint density at radius 2 is 2.00 bits per heavy atom. The van der Waals surface area contributed by atoms with Gasteiger partial charge in [-0.25, -0.2) is 0 Å². The first-order chi connectivity index (χ1) is 5.81. The van der Waals surface area contributed by atoms with E-state index in [1.807, 2.05) is 0 Å². The maximum absolute atomic E-state index is 6.34. The fourth-order valence-electron chi connectivity index (χ4n) is 1.99. The Labute approximate surface area is 77.6 Å². The van der Waals surface area contributed by atoms with Gasteiger partial charge in [0.2, 0.25) is 0 Å². The number of hydrogen-bond donors (Lipinski definition) is 1. The van der Waals surface area contributed by atoms with Crippen LogP contribution in [0.2, 0.25) is 0 Å². The Morgan fingerprint density at radius 3 is 2.58 bits per heavy atom. The molecule has 2 N–H and O–H groups in total. The molecule has 2 heteroatoms. The van der Waals surface area contributed by atoms with Crippen LogP contribution in [0.1, 0.15) is 37.0 Å². The van der Waals surface area contributed by atoms with E-state index < -0.39 is 0 Å². The quantitative estimate of drug-likeness (QED) is 0.708. The van der Waals surface area contributed by atoms with Crippen molar-refractivity contribution in [1.29, 1.82) is 0 Å². The van der Waals surface area contributed by atoms with Crippen molar-refractivity contribution in [2.75, 3.05) is 0 Å². The molecule has 66 valence electrons. The van der Waals surface area contributed by atoms with Crippen molar-refractivity contribution in [3.63, 3.8) is 0 Å². The van der Waals surface area contributed by atoms with Gasteiger partial charge in [-0.05, 0) is 24.3 Å². The Bertz CT molecular complexity index is 234. The summed E-state index contributed by atoms with van der Waals surface area (Å²) < 4.78 is 0. The van der Waals surface area contributed by atoms with Gasteiger partial charge in [0.25, 0.3) is 0 Å². The highest BCUT2D eigenvalue weighted by molar-refractivity contribution is 7.10. The smallest absolute Gasteiger partial charge is 0.0503 e. The van der Waals surface area contributed by atoms with Crippen LogP contribution in [0.3, 0.4) is 0 Å². The molecule has 1 nitrogen and oxygen atoms in total. The van der Waals surface area contributed by atoms with E-state index in [1.165, 1.54) is 37.0 Å². The molecule has 2 rings (SSSR count). The van der Waals surface area contributed by atoms with Crippen LogP contribution < -0.4 is 5.73 Å². The van der Waals surface area contributed by atoms with Gasteiger partial charge in [-0.15, -0.1) is 11.3 Å². The summed E-state index contributed by atoms with van der Waals surface area (Å²) in [5.41, 5.74) is 6.36. The lowest BCUT2D eigenvalue weighted by Gasteiger charge is -2.32. The molecule has 0 atom stereocenters. The average molecular weight is 181 g/mol. The second-order valence-corrected chi connectivity index (χ2v) is 4.64. The number of thiophene rings is 1. The maximum Gasteiger partial charge on any atom is 0.0503 e. The van der Waals surface area contributed by atoms with Crippen molar-refractivity contribution >= 4 is 11.3 Å². The molecule has 12 heavy (non-hydrogen) atoms. The van der Waals surface area contributed by atoms with Gasteiger partial charge in [0, 0.05) is 4.88 Å². The molecule has 0 aliphatic heterocycles. The monoisotopic (exact) mass is 181 g/mol. The molecule has 0 aromatic carbocycles. The molecule has 1 saturated carbocycles. The highest BCUT2D eigenvalue weighted by atomic mass is 32.1. The average Bonchev–Trinajstić information content (AvgIpc) is 2.58. The topological polar surface area (TPSA) is 26.0 Å². The second kappa shape index (κ2) is 3.19. The number of rotatable bonds is 1. The van der Waals surface area contributed by atoms with Crippen LogP contribution >= 0.6 is 11.3 Å². The lowest BCUT2D eigenvalue weighted by Crippen LogP contribution is -2.37. The van der Waals surface area contributed by atoms with Crippen LogP contribution in [0.25, 0.3) is 0 Å². The fourth-order valence-corrected chi connectivity index (χ4v) is 2.89. The van der Waals surface area contributed by atoms with E-state index >= 15 is 0 Å². The minimum Gasteiger partial charge on any atom is -0.321 e. The molecule has 0 saturated heterocycles. The van der Waals surface area contributed by atoms with Gasteiger partial charge in [0.15, 0.2) is 0 Å². The Hall–Kier alpha value is -0.340. The third kappa shape index (κ3) is 1.41.